The normalized spacial score (nSPS) is 14.3. The number of aryl methyl sites for hydroxylation is 2. The van der Waals surface area contributed by atoms with Crippen molar-refractivity contribution in [1.29, 1.82) is 0 Å². The van der Waals surface area contributed by atoms with Crippen LogP contribution in [0.5, 0.6) is 5.75 Å². The summed E-state index contributed by atoms with van der Waals surface area (Å²) in [5.74, 6) is 0.848. The predicted octanol–water partition coefficient (Wildman–Crippen LogP) is 4.52. The van der Waals surface area contributed by atoms with E-state index in [0.29, 0.717) is 6.42 Å². The average Bonchev–Trinajstić information content (AvgIpc) is 2.63. The van der Waals surface area contributed by atoms with Crippen LogP contribution in [0.3, 0.4) is 0 Å². The van der Waals surface area contributed by atoms with E-state index in [2.05, 4.69) is 19.1 Å². The molecule has 3 rings (SSSR count). The maximum Gasteiger partial charge on any atom is 0.296 e. The van der Waals surface area contributed by atoms with Crippen molar-refractivity contribution in [2.75, 3.05) is 13.7 Å². The van der Waals surface area contributed by atoms with Crippen LogP contribution in [-0.4, -0.2) is 22.1 Å². The summed E-state index contributed by atoms with van der Waals surface area (Å²) in [4.78, 5) is 0.197. The average molecular weight is 372 g/mol. The number of hydrogen-bond acceptors (Lipinski definition) is 4. The number of rotatable bonds is 6. The van der Waals surface area contributed by atoms with Gasteiger partial charge in [0.05, 0.1) is 18.6 Å². The fourth-order valence-corrected chi connectivity index (χ4v) is 4.18. The number of ether oxygens (including phenoxy) is 1. The molecule has 138 valence electrons. The summed E-state index contributed by atoms with van der Waals surface area (Å²) in [5, 5.41) is 0. The lowest BCUT2D eigenvalue weighted by Gasteiger charge is -2.22. The highest BCUT2D eigenvalue weighted by atomic mass is 32.2. The minimum absolute atomic E-state index is 0.133. The maximum absolute atomic E-state index is 12.3. The van der Waals surface area contributed by atoms with E-state index < -0.39 is 10.1 Å². The van der Waals surface area contributed by atoms with Crippen LogP contribution in [0.15, 0.2) is 52.9 Å². The SMILES string of the molecule is COc1ccc2c(c1)CCC(C)=C2CCOS(=O)(=O)c1ccc(C)cc1. The summed E-state index contributed by atoms with van der Waals surface area (Å²) in [6, 6.07) is 12.8. The number of allylic oxidation sites excluding steroid dienone is 1. The first-order chi connectivity index (χ1) is 12.4. The van der Waals surface area contributed by atoms with Crippen LogP contribution in [-0.2, 0) is 20.7 Å². The largest absolute Gasteiger partial charge is 0.497 e. The van der Waals surface area contributed by atoms with Crippen LogP contribution in [0.25, 0.3) is 5.57 Å². The Kier molecular flexibility index (Phi) is 5.49. The standard InChI is InChI=1S/C21H24O4S/c1-15-4-9-19(10-5-15)26(22,23)25-13-12-20-16(2)6-7-17-14-18(24-3)8-11-21(17)20/h4-5,8-11,14H,6-7,12-13H2,1-3H3. The molecular formula is C21H24O4S. The van der Waals surface area contributed by atoms with E-state index in [4.69, 9.17) is 8.92 Å². The first kappa shape index (κ1) is 18.7. The Morgan fingerprint density at radius 3 is 2.42 bits per heavy atom. The molecule has 5 heteroatoms. The van der Waals surface area contributed by atoms with Gasteiger partial charge in [-0.15, -0.1) is 0 Å². The zero-order chi connectivity index (χ0) is 18.7. The topological polar surface area (TPSA) is 52.6 Å². The lowest BCUT2D eigenvalue weighted by molar-refractivity contribution is 0.326. The van der Waals surface area contributed by atoms with Gasteiger partial charge >= 0.3 is 0 Å². The molecule has 4 nitrogen and oxygen atoms in total. The lowest BCUT2D eigenvalue weighted by Crippen LogP contribution is -2.10. The van der Waals surface area contributed by atoms with Gasteiger partial charge < -0.3 is 4.74 Å². The van der Waals surface area contributed by atoms with Crippen LogP contribution >= 0.6 is 0 Å². The second-order valence-corrected chi connectivity index (χ2v) is 8.24. The van der Waals surface area contributed by atoms with Crippen molar-refractivity contribution in [1.82, 2.24) is 0 Å². The molecule has 2 aromatic carbocycles. The molecule has 0 saturated heterocycles. The minimum atomic E-state index is -3.73. The van der Waals surface area contributed by atoms with Gasteiger partial charge in [-0.05, 0) is 74.1 Å². The first-order valence-corrected chi connectivity index (χ1v) is 10.1. The molecule has 0 heterocycles. The molecule has 0 atom stereocenters. The number of hydrogen-bond donors (Lipinski definition) is 0. The molecule has 0 fully saturated rings. The first-order valence-electron chi connectivity index (χ1n) is 8.73. The highest BCUT2D eigenvalue weighted by molar-refractivity contribution is 7.86. The molecule has 26 heavy (non-hydrogen) atoms. The Hall–Kier alpha value is -2.11. The van der Waals surface area contributed by atoms with Crippen LogP contribution in [0.4, 0.5) is 0 Å². The predicted molar refractivity (Wildman–Crippen MR) is 103 cm³/mol. The molecule has 0 unspecified atom stereocenters. The summed E-state index contributed by atoms with van der Waals surface area (Å²) in [7, 11) is -2.06. The maximum atomic E-state index is 12.3. The van der Waals surface area contributed by atoms with Gasteiger partial charge in [-0.25, -0.2) is 0 Å². The van der Waals surface area contributed by atoms with E-state index in [1.165, 1.54) is 22.3 Å². The van der Waals surface area contributed by atoms with Crippen molar-refractivity contribution >= 4 is 15.7 Å². The Morgan fingerprint density at radius 1 is 1.00 bits per heavy atom. The van der Waals surface area contributed by atoms with Crippen molar-refractivity contribution in [3.63, 3.8) is 0 Å². The van der Waals surface area contributed by atoms with E-state index in [0.717, 1.165) is 24.2 Å². The fraction of sp³-hybridized carbons (Fsp3) is 0.333. The molecule has 0 bridgehead atoms. The van der Waals surface area contributed by atoms with Crippen molar-refractivity contribution in [2.45, 2.75) is 38.0 Å². The van der Waals surface area contributed by atoms with Crippen LogP contribution in [0.1, 0.15) is 36.5 Å². The molecule has 1 aliphatic rings. The van der Waals surface area contributed by atoms with Gasteiger partial charge in [0.1, 0.15) is 5.75 Å². The summed E-state index contributed by atoms with van der Waals surface area (Å²) >= 11 is 0. The molecule has 0 aromatic heterocycles. The lowest BCUT2D eigenvalue weighted by atomic mass is 9.85. The summed E-state index contributed by atoms with van der Waals surface area (Å²) in [5.41, 5.74) is 5.89. The van der Waals surface area contributed by atoms with Gasteiger partial charge in [-0.2, -0.15) is 8.42 Å². The molecule has 0 radical (unpaired) electrons. The molecule has 0 N–H and O–H groups in total. The van der Waals surface area contributed by atoms with E-state index >= 15 is 0 Å². The molecule has 0 spiro atoms. The zero-order valence-corrected chi connectivity index (χ0v) is 16.2. The zero-order valence-electron chi connectivity index (χ0n) is 15.4. The molecule has 2 aromatic rings. The van der Waals surface area contributed by atoms with Gasteiger partial charge in [0.25, 0.3) is 10.1 Å². The van der Waals surface area contributed by atoms with Gasteiger partial charge in [-0.3, -0.25) is 4.18 Å². The van der Waals surface area contributed by atoms with Crippen LogP contribution < -0.4 is 4.74 Å². The van der Waals surface area contributed by atoms with E-state index in [9.17, 15) is 8.42 Å². The van der Waals surface area contributed by atoms with Crippen LogP contribution in [0.2, 0.25) is 0 Å². The second-order valence-electron chi connectivity index (χ2n) is 6.62. The van der Waals surface area contributed by atoms with Gasteiger partial charge in [-0.1, -0.05) is 29.3 Å². The third-order valence-corrected chi connectivity index (χ3v) is 6.15. The van der Waals surface area contributed by atoms with Crippen molar-refractivity contribution in [2.24, 2.45) is 0 Å². The van der Waals surface area contributed by atoms with Crippen molar-refractivity contribution in [3.05, 3.63) is 64.7 Å². The minimum Gasteiger partial charge on any atom is -0.497 e. The number of benzene rings is 2. The van der Waals surface area contributed by atoms with Gasteiger partial charge in [0.2, 0.25) is 0 Å². The fourth-order valence-electron chi connectivity index (χ4n) is 3.28. The number of methoxy groups -OCH3 is 1. The highest BCUT2D eigenvalue weighted by Crippen LogP contribution is 2.35. The molecule has 0 amide bonds. The monoisotopic (exact) mass is 372 g/mol. The molecule has 0 aliphatic heterocycles. The van der Waals surface area contributed by atoms with Gasteiger partial charge in [0.15, 0.2) is 0 Å². The second kappa shape index (κ2) is 7.64. The molecule has 0 saturated carbocycles. The Labute approximate surface area is 155 Å². The Bertz CT molecular complexity index is 925. The Balaban J connectivity index is 1.72. The summed E-state index contributed by atoms with van der Waals surface area (Å²) < 4.78 is 35.3. The summed E-state index contributed by atoms with van der Waals surface area (Å²) in [6.45, 7) is 4.16. The van der Waals surface area contributed by atoms with Crippen molar-refractivity contribution in [3.8, 4) is 5.75 Å². The number of fused-ring (bicyclic) bond motifs is 1. The third-order valence-electron chi connectivity index (χ3n) is 4.82. The highest BCUT2D eigenvalue weighted by Gasteiger charge is 2.19. The van der Waals surface area contributed by atoms with E-state index in [-0.39, 0.29) is 11.5 Å². The Morgan fingerprint density at radius 2 is 1.73 bits per heavy atom. The van der Waals surface area contributed by atoms with E-state index in [1.807, 2.05) is 13.0 Å². The smallest absolute Gasteiger partial charge is 0.296 e. The molecule has 1 aliphatic carbocycles. The summed E-state index contributed by atoms with van der Waals surface area (Å²) in [6.07, 6.45) is 2.51. The van der Waals surface area contributed by atoms with Crippen molar-refractivity contribution < 1.29 is 17.3 Å². The van der Waals surface area contributed by atoms with Crippen LogP contribution in [0, 0.1) is 6.92 Å². The quantitative estimate of drug-likeness (QED) is 0.700. The third kappa shape index (κ3) is 4.00. The molecular weight excluding hydrogens is 348 g/mol. The van der Waals surface area contributed by atoms with Gasteiger partial charge in [0, 0.05) is 0 Å². The van der Waals surface area contributed by atoms with E-state index in [1.54, 1.807) is 31.4 Å².